The average molecular weight is 240 g/mol. The van der Waals surface area contributed by atoms with Gasteiger partial charge in [-0.1, -0.05) is 0 Å². The molecule has 1 unspecified atom stereocenters. The van der Waals surface area contributed by atoms with E-state index >= 15 is 0 Å². The van der Waals surface area contributed by atoms with E-state index in [2.05, 4.69) is 15.5 Å². The predicted molar refractivity (Wildman–Crippen MR) is 55.9 cm³/mol. The first-order chi connectivity index (χ1) is 8.00. The van der Waals surface area contributed by atoms with E-state index in [1.807, 2.05) is 0 Å². The molecule has 8 nitrogen and oxygen atoms in total. The van der Waals surface area contributed by atoms with Gasteiger partial charge in [0.05, 0.1) is 0 Å². The molecule has 0 aliphatic rings. The number of primary amides is 1. The predicted octanol–water partition coefficient (Wildman–Crippen LogP) is -1.14. The fraction of sp³-hybridized carbons (Fsp3) is 0.333. The fourth-order valence-corrected chi connectivity index (χ4v) is 1.16. The molecular weight excluding hydrogens is 228 g/mol. The second-order valence-corrected chi connectivity index (χ2v) is 3.34. The van der Waals surface area contributed by atoms with E-state index in [0.717, 1.165) is 0 Å². The number of nitrogens with zero attached hydrogens (tertiary/aromatic N) is 1. The van der Waals surface area contributed by atoms with E-state index in [0.29, 0.717) is 0 Å². The summed E-state index contributed by atoms with van der Waals surface area (Å²) in [5.74, 6) is -2.44. The number of carbonyl (C=O) groups excluding carboxylic acids is 2. The number of carbonyl (C=O) groups is 3. The number of hydrogen-bond acceptors (Lipinski definition) is 4. The highest BCUT2D eigenvalue weighted by molar-refractivity contribution is 5.94. The van der Waals surface area contributed by atoms with Crippen molar-refractivity contribution in [3.05, 3.63) is 18.0 Å². The molecular formula is C9H12N4O4. The van der Waals surface area contributed by atoms with Crippen LogP contribution in [0.4, 0.5) is 0 Å². The minimum absolute atomic E-state index is 0.0510. The number of nitrogens with one attached hydrogen (secondary N) is 2. The van der Waals surface area contributed by atoms with E-state index in [9.17, 15) is 14.4 Å². The first-order valence-electron chi connectivity index (χ1n) is 4.82. The Morgan fingerprint density at radius 1 is 1.53 bits per heavy atom. The van der Waals surface area contributed by atoms with Gasteiger partial charge >= 0.3 is 5.97 Å². The van der Waals surface area contributed by atoms with Crippen molar-refractivity contribution in [3.8, 4) is 0 Å². The second-order valence-electron chi connectivity index (χ2n) is 3.34. The summed E-state index contributed by atoms with van der Waals surface area (Å²) in [6, 6.07) is 0.251. The van der Waals surface area contributed by atoms with Gasteiger partial charge in [-0.15, -0.1) is 0 Å². The molecule has 1 rings (SSSR count). The smallest absolute Gasteiger partial charge is 0.326 e. The van der Waals surface area contributed by atoms with Crippen LogP contribution in [0.25, 0.3) is 0 Å². The number of amides is 2. The Balaban J connectivity index is 2.58. The van der Waals surface area contributed by atoms with E-state index in [4.69, 9.17) is 10.8 Å². The molecule has 0 radical (unpaired) electrons. The largest absolute Gasteiger partial charge is 0.480 e. The minimum Gasteiger partial charge on any atom is -0.480 e. The van der Waals surface area contributed by atoms with Crippen LogP contribution in [0.3, 0.4) is 0 Å². The average Bonchev–Trinajstić information content (AvgIpc) is 2.76. The number of carboxylic acids is 1. The molecule has 0 aromatic carbocycles. The third-order valence-electron chi connectivity index (χ3n) is 2.03. The molecule has 0 aliphatic carbocycles. The van der Waals surface area contributed by atoms with Gasteiger partial charge < -0.3 is 16.2 Å². The summed E-state index contributed by atoms with van der Waals surface area (Å²) in [4.78, 5) is 32.9. The van der Waals surface area contributed by atoms with E-state index in [-0.39, 0.29) is 18.5 Å². The summed E-state index contributed by atoms with van der Waals surface area (Å²) < 4.78 is 0. The number of aliphatic carboxylic acids is 1. The number of H-pyrrole nitrogens is 1. The second kappa shape index (κ2) is 5.64. The topological polar surface area (TPSA) is 138 Å². The fourth-order valence-electron chi connectivity index (χ4n) is 1.16. The van der Waals surface area contributed by atoms with E-state index in [1.54, 1.807) is 0 Å². The Bertz CT molecular complexity index is 415. The van der Waals surface area contributed by atoms with Gasteiger partial charge in [-0.3, -0.25) is 14.7 Å². The zero-order chi connectivity index (χ0) is 12.8. The molecule has 0 saturated carbocycles. The van der Waals surface area contributed by atoms with Gasteiger partial charge in [-0.2, -0.15) is 5.10 Å². The third-order valence-corrected chi connectivity index (χ3v) is 2.03. The molecule has 0 aliphatic heterocycles. The molecule has 0 fully saturated rings. The molecule has 2 amide bonds. The molecule has 8 heteroatoms. The maximum Gasteiger partial charge on any atom is 0.326 e. The van der Waals surface area contributed by atoms with Crippen LogP contribution in [0, 0.1) is 0 Å². The van der Waals surface area contributed by atoms with Gasteiger partial charge in [0.1, 0.15) is 11.7 Å². The summed E-state index contributed by atoms with van der Waals surface area (Å²) >= 11 is 0. The number of aromatic nitrogens is 2. The lowest BCUT2D eigenvalue weighted by Crippen LogP contribution is -2.41. The van der Waals surface area contributed by atoms with Crippen molar-refractivity contribution in [1.82, 2.24) is 15.5 Å². The molecule has 1 aromatic rings. The van der Waals surface area contributed by atoms with Crippen LogP contribution in [0.5, 0.6) is 0 Å². The first kappa shape index (κ1) is 12.7. The minimum atomic E-state index is -1.22. The summed E-state index contributed by atoms with van der Waals surface area (Å²) in [5, 5.41) is 17.1. The number of rotatable bonds is 6. The quantitative estimate of drug-likeness (QED) is 0.497. The van der Waals surface area contributed by atoms with Crippen molar-refractivity contribution in [2.45, 2.75) is 18.9 Å². The molecule has 17 heavy (non-hydrogen) atoms. The van der Waals surface area contributed by atoms with Gasteiger partial charge in [-0.05, 0) is 12.5 Å². The Morgan fingerprint density at radius 3 is 2.71 bits per heavy atom. The van der Waals surface area contributed by atoms with Crippen LogP contribution < -0.4 is 11.1 Å². The molecule has 0 bridgehead atoms. The van der Waals surface area contributed by atoms with Gasteiger partial charge in [0.15, 0.2) is 0 Å². The van der Waals surface area contributed by atoms with Crippen molar-refractivity contribution >= 4 is 17.8 Å². The first-order valence-corrected chi connectivity index (χ1v) is 4.82. The van der Waals surface area contributed by atoms with E-state index in [1.165, 1.54) is 12.3 Å². The summed E-state index contributed by atoms with van der Waals surface area (Å²) in [6.45, 7) is 0. The van der Waals surface area contributed by atoms with Crippen molar-refractivity contribution in [3.63, 3.8) is 0 Å². The molecule has 92 valence electrons. The molecule has 0 saturated heterocycles. The number of aromatic amines is 1. The SMILES string of the molecule is NC(=O)CCC(NC(=O)c1ccn[nH]1)C(=O)O. The monoisotopic (exact) mass is 240 g/mol. The van der Waals surface area contributed by atoms with E-state index < -0.39 is 23.8 Å². The lowest BCUT2D eigenvalue weighted by atomic mass is 10.1. The van der Waals surface area contributed by atoms with Crippen molar-refractivity contribution in [2.24, 2.45) is 5.73 Å². The molecule has 1 aromatic heterocycles. The molecule has 1 atom stereocenters. The number of hydrogen-bond donors (Lipinski definition) is 4. The van der Waals surface area contributed by atoms with Crippen LogP contribution in [0.15, 0.2) is 12.3 Å². The Labute approximate surface area is 96.2 Å². The van der Waals surface area contributed by atoms with Crippen molar-refractivity contribution in [2.75, 3.05) is 0 Å². The lowest BCUT2D eigenvalue weighted by molar-refractivity contribution is -0.139. The summed E-state index contributed by atoms with van der Waals surface area (Å²) in [7, 11) is 0. The van der Waals surface area contributed by atoms with Crippen LogP contribution in [0.2, 0.25) is 0 Å². The highest BCUT2D eigenvalue weighted by atomic mass is 16.4. The van der Waals surface area contributed by atoms with Crippen molar-refractivity contribution in [1.29, 1.82) is 0 Å². The van der Waals surface area contributed by atoms with Gasteiger partial charge in [0.25, 0.3) is 5.91 Å². The number of carboxylic acid groups (broad SMARTS) is 1. The van der Waals surface area contributed by atoms with Crippen LogP contribution >= 0.6 is 0 Å². The van der Waals surface area contributed by atoms with Crippen LogP contribution in [0.1, 0.15) is 23.3 Å². The molecule has 5 N–H and O–H groups in total. The van der Waals surface area contributed by atoms with Crippen molar-refractivity contribution < 1.29 is 19.5 Å². The Morgan fingerprint density at radius 2 is 2.24 bits per heavy atom. The molecule has 0 spiro atoms. The summed E-state index contributed by atoms with van der Waals surface area (Å²) in [6.07, 6.45) is 1.21. The standard InChI is InChI=1S/C9H12N4O4/c10-7(14)2-1-6(9(16)17)12-8(15)5-3-4-11-13-5/h3-4,6H,1-2H2,(H2,10,14)(H,11,13)(H,12,15)(H,16,17). The Kier molecular flexibility index (Phi) is 4.21. The third kappa shape index (κ3) is 3.93. The van der Waals surface area contributed by atoms with Crippen LogP contribution in [-0.4, -0.2) is 39.1 Å². The Hall–Kier alpha value is -2.38. The maximum atomic E-state index is 11.5. The molecule has 1 heterocycles. The summed E-state index contributed by atoms with van der Waals surface area (Å²) in [5.41, 5.74) is 5.05. The maximum absolute atomic E-state index is 11.5. The normalized spacial score (nSPS) is 11.8. The van der Waals surface area contributed by atoms with Gasteiger partial charge in [0, 0.05) is 12.6 Å². The number of nitrogens with two attached hydrogens (primary N) is 1. The highest BCUT2D eigenvalue weighted by Gasteiger charge is 2.21. The zero-order valence-corrected chi connectivity index (χ0v) is 8.84. The van der Waals surface area contributed by atoms with Crippen LogP contribution in [-0.2, 0) is 9.59 Å². The van der Waals surface area contributed by atoms with Gasteiger partial charge in [0.2, 0.25) is 5.91 Å². The zero-order valence-electron chi connectivity index (χ0n) is 8.84. The lowest BCUT2D eigenvalue weighted by Gasteiger charge is -2.12. The highest BCUT2D eigenvalue weighted by Crippen LogP contribution is 2.00. The van der Waals surface area contributed by atoms with Gasteiger partial charge in [-0.25, -0.2) is 4.79 Å².